The van der Waals surface area contributed by atoms with Crippen LogP contribution in [0.4, 0.5) is 5.69 Å². The second-order valence-electron chi connectivity index (χ2n) is 10.2. The summed E-state index contributed by atoms with van der Waals surface area (Å²) in [4.78, 5) is 0. The number of hydrogen-bond acceptors (Lipinski definition) is 3. The van der Waals surface area contributed by atoms with Crippen molar-refractivity contribution in [2.75, 3.05) is 12.8 Å². The summed E-state index contributed by atoms with van der Waals surface area (Å²) in [5.41, 5.74) is 12.4. The smallest absolute Gasteiger partial charge is 0.153 e. The van der Waals surface area contributed by atoms with Crippen LogP contribution in [-0.2, 0) is 5.54 Å². The van der Waals surface area contributed by atoms with Gasteiger partial charge < -0.3 is 10.5 Å². The van der Waals surface area contributed by atoms with E-state index in [1.54, 1.807) is 7.11 Å². The van der Waals surface area contributed by atoms with Gasteiger partial charge in [0.2, 0.25) is 0 Å². The molecular formula is C37H29N3O. The number of aromatic nitrogens is 2. The van der Waals surface area contributed by atoms with Crippen molar-refractivity contribution < 1.29 is 4.74 Å². The highest BCUT2D eigenvalue weighted by atomic mass is 16.5. The molecule has 1 aromatic heterocycles. The number of fused-ring (bicyclic) bond motifs is 2. The van der Waals surface area contributed by atoms with Crippen molar-refractivity contribution in [3.63, 3.8) is 0 Å². The molecule has 198 valence electrons. The second-order valence-corrected chi connectivity index (χ2v) is 10.2. The van der Waals surface area contributed by atoms with E-state index in [2.05, 4.69) is 144 Å². The van der Waals surface area contributed by atoms with Crippen LogP contribution in [0, 0.1) is 0 Å². The van der Waals surface area contributed by atoms with Crippen molar-refractivity contribution in [2.45, 2.75) is 5.54 Å². The zero-order valence-electron chi connectivity index (χ0n) is 22.7. The minimum absolute atomic E-state index is 0.575. The zero-order chi connectivity index (χ0) is 27.8. The fourth-order valence-electron chi connectivity index (χ4n) is 6.12. The molecule has 4 nitrogen and oxygen atoms in total. The van der Waals surface area contributed by atoms with Crippen molar-refractivity contribution in [3.8, 4) is 17.0 Å². The third-order valence-corrected chi connectivity index (χ3v) is 7.95. The molecule has 0 bridgehead atoms. The lowest BCUT2D eigenvalue weighted by Crippen LogP contribution is -2.38. The summed E-state index contributed by atoms with van der Waals surface area (Å²) in [5, 5.41) is 8.71. The van der Waals surface area contributed by atoms with Gasteiger partial charge in [-0.3, -0.25) is 0 Å². The monoisotopic (exact) mass is 531 g/mol. The summed E-state index contributed by atoms with van der Waals surface area (Å²) in [6.45, 7) is 0. The first kappa shape index (κ1) is 24.7. The molecule has 4 heteroatoms. The highest BCUT2D eigenvalue weighted by molar-refractivity contribution is 6.03. The van der Waals surface area contributed by atoms with Gasteiger partial charge in [0.15, 0.2) is 5.75 Å². The molecule has 0 aliphatic rings. The molecule has 0 saturated carbocycles. The number of ether oxygens (including phenoxy) is 1. The summed E-state index contributed by atoms with van der Waals surface area (Å²) in [7, 11) is 1.67. The van der Waals surface area contributed by atoms with Crippen molar-refractivity contribution in [3.05, 3.63) is 162 Å². The average Bonchev–Trinajstić information content (AvgIpc) is 3.42. The van der Waals surface area contributed by atoms with Crippen LogP contribution in [0.5, 0.6) is 5.75 Å². The minimum atomic E-state index is -0.780. The third kappa shape index (κ3) is 3.87. The van der Waals surface area contributed by atoms with E-state index < -0.39 is 5.54 Å². The normalized spacial score (nSPS) is 11.6. The van der Waals surface area contributed by atoms with Crippen molar-refractivity contribution in [1.82, 2.24) is 9.78 Å². The number of nitrogens with zero attached hydrogens (tertiary/aromatic N) is 2. The lowest BCUT2D eigenvalue weighted by Gasteiger charge is -2.37. The van der Waals surface area contributed by atoms with Crippen LogP contribution in [0.3, 0.4) is 0 Å². The lowest BCUT2D eigenvalue weighted by molar-refractivity contribution is 0.422. The number of nitrogens with two attached hydrogens (primary N) is 1. The van der Waals surface area contributed by atoms with Crippen molar-refractivity contribution >= 4 is 27.4 Å². The summed E-state index contributed by atoms with van der Waals surface area (Å²) < 4.78 is 8.13. The quantitative estimate of drug-likeness (QED) is 0.173. The fourth-order valence-corrected chi connectivity index (χ4v) is 6.12. The number of benzene rings is 6. The maximum absolute atomic E-state index is 6.52. The number of nitrogen functional groups attached to an aromatic ring is 1. The van der Waals surface area contributed by atoms with E-state index in [0.29, 0.717) is 11.4 Å². The van der Waals surface area contributed by atoms with E-state index in [4.69, 9.17) is 15.6 Å². The summed E-state index contributed by atoms with van der Waals surface area (Å²) >= 11 is 0. The molecule has 2 N–H and O–H groups in total. The molecular weight excluding hydrogens is 502 g/mol. The maximum Gasteiger partial charge on any atom is 0.153 e. The largest absolute Gasteiger partial charge is 0.494 e. The summed E-state index contributed by atoms with van der Waals surface area (Å²) in [6.07, 6.45) is 0. The topological polar surface area (TPSA) is 53.1 Å². The van der Waals surface area contributed by atoms with Crippen LogP contribution in [0.25, 0.3) is 32.9 Å². The van der Waals surface area contributed by atoms with Gasteiger partial charge in [-0.05, 0) is 45.7 Å². The Balaban J connectivity index is 1.66. The first-order valence-electron chi connectivity index (χ1n) is 13.7. The number of rotatable bonds is 6. The van der Waals surface area contributed by atoms with E-state index in [0.717, 1.165) is 44.2 Å². The van der Waals surface area contributed by atoms with Gasteiger partial charge >= 0.3 is 0 Å². The minimum Gasteiger partial charge on any atom is -0.494 e. The summed E-state index contributed by atoms with van der Waals surface area (Å²) in [6, 6.07) is 50.6. The van der Waals surface area contributed by atoms with Gasteiger partial charge in [-0.1, -0.05) is 127 Å². The molecule has 0 fully saturated rings. The molecule has 0 unspecified atom stereocenters. The fraction of sp³-hybridized carbons (Fsp3) is 0.0541. The van der Waals surface area contributed by atoms with Crippen LogP contribution >= 0.6 is 0 Å². The van der Waals surface area contributed by atoms with Gasteiger partial charge in [0.25, 0.3) is 0 Å². The lowest BCUT2D eigenvalue weighted by atomic mass is 9.77. The second kappa shape index (κ2) is 10.00. The molecule has 0 saturated heterocycles. The van der Waals surface area contributed by atoms with Gasteiger partial charge in [-0.25, -0.2) is 4.68 Å². The molecule has 0 amide bonds. The predicted molar refractivity (Wildman–Crippen MR) is 168 cm³/mol. The highest BCUT2D eigenvalue weighted by Crippen LogP contribution is 2.47. The van der Waals surface area contributed by atoms with Crippen LogP contribution in [0.2, 0.25) is 0 Å². The van der Waals surface area contributed by atoms with Gasteiger partial charge in [0.1, 0.15) is 11.2 Å². The molecule has 7 aromatic rings. The van der Waals surface area contributed by atoms with Crippen LogP contribution in [-0.4, -0.2) is 16.9 Å². The van der Waals surface area contributed by atoms with Gasteiger partial charge in [-0.15, -0.1) is 0 Å². The number of hydrogen-bond donors (Lipinski definition) is 1. The van der Waals surface area contributed by atoms with E-state index in [1.165, 1.54) is 5.39 Å². The van der Waals surface area contributed by atoms with Crippen molar-refractivity contribution in [1.29, 1.82) is 0 Å². The third-order valence-electron chi connectivity index (χ3n) is 7.95. The Kier molecular flexibility index (Phi) is 6.02. The Labute approximate surface area is 239 Å². The van der Waals surface area contributed by atoms with E-state index in [9.17, 15) is 0 Å². The number of methoxy groups -OCH3 is 1. The SMILES string of the molecule is COc1c(N)ccc2c1c(-c1ccc3ccccc3c1)nn2C(c1ccccc1)(c1ccccc1)c1ccccc1. The molecule has 0 radical (unpaired) electrons. The molecule has 0 aliphatic heterocycles. The molecule has 41 heavy (non-hydrogen) atoms. The Morgan fingerprint density at radius 2 is 1.15 bits per heavy atom. The van der Waals surface area contributed by atoms with Gasteiger partial charge in [-0.2, -0.15) is 5.10 Å². The standard InChI is InChI=1S/C37H29N3O/c1-41-36-32(38)23-24-33-34(36)35(28-22-21-26-13-11-12-14-27(26)25-28)39-40(33)37(29-15-5-2-6-16-29,30-17-7-3-8-18-30)31-19-9-4-10-20-31/h2-25H,38H2,1H3. The highest BCUT2D eigenvalue weighted by Gasteiger charge is 2.41. The van der Waals surface area contributed by atoms with Crippen LogP contribution in [0.15, 0.2) is 146 Å². The van der Waals surface area contributed by atoms with E-state index >= 15 is 0 Å². The van der Waals surface area contributed by atoms with E-state index in [1.807, 2.05) is 6.07 Å². The molecule has 7 rings (SSSR count). The van der Waals surface area contributed by atoms with Gasteiger partial charge in [0.05, 0.1) is 23.7 Å². The summed E-state index contributed by atoms with van der Waals surface area (Å²) in [5.74, 6) is 0.625. The molecule has 0 atom stereocenters. The first-order chi connectivity index (χ1) is 20.2. The predicted octanol–water partition coefficient (Wildman–Crippen LogP) is 8.29. The Morgan fingerprint density at radius 3 is 1.71 bits per heavy atom. The Morgan fingerprint density at radius 1 is 0.610 bits per heavy atom. The molecule has 0 aliphatic carbocycles. The van der Waals surface area contributed by atoms with Crippen LogP contribution in [0.1, 0.15) is 16.7 Å². The molecule has 6 aromatic carbocycles. The molecule has 0 spiro atoms. The first-order valence-corrected chi connectivity index (χ1v) is 13.7. The van der Waals surface area contributed by atoms with E-state index in [-0.39, 0.29) is 0 Å². The van der Waals surface area contributed by atoms with Crippen LogP contribution < -0.4 is 10.5 Å². The number of anilines is 1. The Hall–Kier alpha value is -5.35. The Bertz CT molecular complexity index is 1880. The van der Waals surface area contributed by atoms with Crippen molar-refractivity contribution in [2.24, 2.45) is 0 Å². The average molecular weight is 532 g/mol. The zero-order valence-corrected chi connectivity index (χ0v) is 22.7. The molecule has 1 heterocycles. The maximum atomic E-state index is 6.52. The van der Waals surface area contributed by atoms with Gasteiger partial charge in [0, 0.05) is 5.56 Å².